The molecule has 2 aromatic rings. The highest BCUT2D eigenvalue weighted by Gasteiger charge is 2.12. The van der Waals surface area contributed by atoms with Crippen LogP contribution in [0.2, 0.25) is 0 Å². The predicted molar refractivity (Wildman–Crippen MR) is 152 cm³/mol. The van der Waals surface area contributed by atoms with Crippen LogP contribution in [0.1, 0.15) is 43.9 Å². The van der Waals surface area contributed by atoms with E-state index in [0.29, 0.717) is 22.6 Å². The number of anilines is 1. The van der Waals surface area contributed by atoms with Crippen LogP contribution in [0.15, 0.2) is 29.4 Å². The zero-order valence-corrected chi connectivity index (χ0v) is 24.7. The van der Waals surface area contributed by atoms with E-state index in [-0.39, 0.29) is 25.2 Å². The summed E-state index contributed by atoms with van der Waals surface area (Å²) in [6, 6.07) is 6.30. The number of aliphatic carboxylic acids is 4. The number of hydrogen-bond acceptors (Lipinski definition) is 11. The molecule has 1 heterocycles. The summed E-state index contributed by atoms with van der Waals surface area (Å²) in [6.45, 7) is 5.65. The summed E-state index contributed by atoms with van der Waals surface area (Å²) in [5, 5.41) is 33.8. The molecule has 14 nitrogen and oxygen atoms in total. The van der Waals surface area contributed by atoms with E-state index in [2.05, 4.69) is 23.8 Å². The van der Waals surface area contributed by atoms with Gasteiger partial charge in [-0.3, -0.25) is 14.4 Å². The Hall–Kier alpha value is -4.11. The van der Waals surface area contributed by atoms with Gasteiger partial charge in [-0.2, -0.15) is 0 Å². The second kappa shape index (κ2) is 19.0. The van der Waals surface area contributed by atoms with Gasteiger partial charge in [0.1, 0.15) is 11.9 Å². The molecule has 0 spiro atoms. The molecular formula is C26H38N4O10S. The van der Waals surface area contributed by atoms with Gasteiger partial charge in [-0.1, -0.05) is 31.7 Å². The third-order valence-corrected chi connectivity index (χ3v) is 5.63. The maximum Gasteiger partial charge on any atom is 0.341 e. The molecule has 0 radical (unpaired) electrons. The van der Waals surface area contributed by atoms with Gasteiger partial charge in [-0.15, -0.1) is 0 Å². The van der Waals surface area contributed by atoms with Gasteiger partial charge in [0.05, 0.1) is 12.9 Å². The molecule has 0 aliphatic rings. The Morgan fingerprint density at radius 2 is 1.61 bits per heavy atom. The largest absolute Gasteiger partial charge is 0.493 e. The number of hydrogen-bond donors (Lipinski definition) is 5. The average Bonchev–Trinajstić information content (AvgIpc) is 2.89. The van der Waals surface area contributed by atoms with Crippen LogP contribution in [0.25, 0.3) is 0 Å². The molecule has 0 unspecified atom stereocenters. The Bertz CT molecular complexity index is 1160. The lowest BCUT2D eigenvalue weighted by Crippen LogP contribution is -2.30. The molecule has 1 aromatic heterocycles. The van der Waals surface area contributed by atoms with E-state index in [1.54, 1.807) is 6.07 Å². The van der Waals surface area contributed by atoms with E-state index >= 15 is 0 Å². The van der Waals surface area contributed by atoms with Gasteiger partial charge in [0.25, 0.3) is 0 Å². The minimum Gasteiger partial charge on any atom is -0.493 e. The summed E-state index contributed by atoms with van der Waals surface area (Å²) in [5.41, 5.74) is 6.96. The van der Waals surface area contributed by atoms with E-state index in [4.69, 9.17) is 35.6 Å². The van der Waals surface area contributed by atoms with Gasteiger partial charge in [0, 0.05) is 32.3 Å². The fourth-order valence-electron chi connectivity index (χ4n) is 2.65. The number of carboxylic acid groups (broad SMARTS) is 4. The number of benzene rings is 1. The lowest BCUT2D eigenvalue weighted by molar-refractivity contribution is -0.141. The zero-order valence-electron chi connectivity index (χ0n) is 23.9. The molecule has 0 bridgehead atoms. The zero-order chi connectivity index (χ0) is 31.7. The molecule has 0 fully saturated rings. The number of nitrogens with zero attached hydrogens (tertiary/aromatic N) is 3. The lowest BCUT2D eigenvalue weighted by Gasteiger charge is -2.12. The van der Waals surface area contributed by atoms with Crippen molar-refractivity contribution >= 4 is 41.5 Å². The van der Waals surface area contributed by atoms with Crippen LogP contribution in [-0.4, -0.2) is 93.9 Å². The highest BCUT2D eigenvalue weighted by atomic mass is 32.2. The van der Waals surface area contributed by atoms with Gasteiger partial charge in [0.2, 0.25) is 0 Å². The van der Waals surface area contributed by atoms with Crippen LogP contribution in [0, 0.1) is 6.92 Å². The molecule has 0 saturated carbocycles. The number of thioether (sulfide) groups is 1. The molecule has 41 heavy (non-hydrogen) atoms. The smallest absolute Gasteiger partial charge is 0.341 e. The van der Waals surface area contributed by atoms with Gasteiger partial charge in [0.15, 0.2) is 23.3 Å². The third kappa shape index (κ3) is 16.6. The normalized spacial score (nSPS) is 10.7. The molecule has 0 saturated heterocycles. The van der Waals surface area contributed by atoms with Crippen molar-refractivity contribution in [3.8, 4) is 11.5 Å². The summed E-state index contributed by atoms with van der Waals surface area (Å²) in [5.74, 6) is -1.89. The van der Waals surface area contributed by atoms with E-state index in [1.165, 1.54) is 7.11 Å². The minimum atomic E-state index is -1.17. The molecule has 1 aromatic carbocycles. The van der Waals surface area contributed by atoms with Crippen molar-refractivity contribution < 1.29 is 49.1 Å². The van der Waals surface area contributed by atoms with Crippen molar-refractivity contribution in [2.24, 2.45) is 5.73 Å². The van der Waals surface area contributed by atoms with E-state index in [9.17, 15) is 19.2 Å². The number of nitrogens with two attached hydrogens (primary N) is 1. The molecule has 0 aliphatic carbocycles. The van der Waals surface area contributed by atoms with Gasteiger partial charge < -0.3 is 40.5 Å². The fraction of sp³-hybridized carbons (Fsp3) is 0.462. The summed E-state index contributed by atoms with van der Waals surface area (Å²) in [4.78, 5) is 50.9. The molecule has 1 atom stereocenters. The lowest BCUT2D eigenvalue weighted by atomic mass is 10.0. The van der Waals surface area contributed by atoms with Crippen LogP contribution < -0.4 is 20.1 Å². The highest BCUT2D eigenvalue weighted by Crippen LogP contribution is 2.30. The average molecular weight is 599 g/mol. The standard InChI is InChI=1S/C12H16O4.C9H13N3O2S.C5H9NO4/c1-8(2)9-4-5-10(11(6-9)15-3)16-7-12(13)14;1-6-4-7(12(2)3)11-9(10-6)15-5-8(13)14;6-3(5(9)10)1-2-4(7)8/h4-6,8H,7H2,1-3H3,(H,13,14);4H,5H2,1-3H3,(H,13,14);3H,1-2,6H2,(H,7,8)(H,9,10)/t;;3-/m..1/s1. The molecule has 228 valence electrons. The first-order chi connectivity index (χ1) is 19.1. The maximum atomic E-state index is 10.4. The van der Waals surface area contributed by atoms with E-state index in [1.807, 2.05) is 44.1 Å². The van der Waals surface area contributed by atoms with Crippen LogP contribution in [0.3, 0.4) is 0 Å². The van der Waals surface area contributed by atoms with Crippen molar-refractivity contribution in [2.75, 3.05) is 38.5 Å². The number of aryl methyl sites for hydroxylation is 1. The predicted octanol–water partition coefficient (Wildman–Crippen LogP) is 2.57. The number of rotatable bonds is 13. The van der Waals surface area contributed by atoms with Crippen LogP contribution in [0.5, 0.6) is 11.5 Å². The maximum absolute atomic E-state index is 10.4. The van der Waals surface area contributed by atoms with E-state index < -0.39 is 29.9 Å². The van der Waals surface area contributed by atoms with Gasteiger partial charge in [-0.05, 0) is 37.0 Å². The Balaban J connectivity index is 0.000000603. The molecular weight excluding hydrogens is 560 g/mol. The molecule has 0 aliphatic heterocycles. The first-order valence-corrected chi connectivity index (χ1v) is 13.2. The van der Waals surface area contributed by atoms with Crippen molar-refractivity contribution in [1.82, 2.24) is 9.97 Å². The number of methoxy groups -OCH3 is 1. The van der Waals surface area contributed by atoms with Crippen molar-refractivity contribution in [3.05, 3.63) is 35.5 Å². The van der Waals surface area contributed by atoms with Crippen LogP contribution >= 0.6 is 11.8 Å². The number of aromatic nitrogens is 2. The van der Waals surface area contributed by atoms with Gasteiger partial charge >= 0.3 is 23.9 Å². The summed E-state index contributed by atoms with van der Waals surface area (Å²) < 4.78 is 10.3. The molecule has 0 amide bonds. The number of carbonyl (C=O) groups is 4. The quantitative estimate of drug-likeness (QED) is 0.165. The second-order valence-corrected chi connectivity index (χ2v) is 9.79. The monoisotopic (exact) mass is 598 g/mol. The molecule has 15 heteroatoms. The second-order valence-electron chi connectivity index (χ2n) is 8.85. The Labute approximate surface area is 242 Å². The Morgan fingerprint density at radius 1 is 0.976 bits per heavy atom. The summed E-state index contributed by atoms with van der Waals surface area (Å²) in [6.07, 6.45) is -0.224. The summed E-state index contributed by atoms with van der Waals surface area (Å²) >= 11 is 1.13. The topological polar surface area (TPSA) is 223 Å². The summed E-state index contributed by atoms with van der Waals surface area (Å²) in [7, 11) is 5.30. The Kier molecular flexibility index (Phi) is 17.1. The SMILES string of the molecule is COc1cc(C(C)C)ccc1OCC(=O)O.Cc1cc(N(C)C)nc(SCC(=O)O)n1.N[C@H](CCC(=O)O)C(=O)O. The van der Waals surface area contributed by atoms with Gasteiger partial charge in [-0.25, -0.2) is 14.8 Å². The number of ether oxygens (including phenoxy) is 2. The Morgan fingerprint density at radius 3 is 2.07 bits per heavy atom. The van der Waals surface area contributed by atoms with Crippen LogP contribution in [-0.2, 0) is 19.2 Å². The third-order valence-electron chi connectivity index (χ3n) is 4.80. The van der Waals surface area contributed by atoms with Crippen molar-refractivity contribution in [1.29, 1.82) is 0 Å². The minimum absolute atomic E-state index is 0.0175. The van der Waals surface area contributed by atoms with E-state index in [0.717, 1.165) is 28.8 Å². The first kappa shape index (κ1) is 36.9. The fourth-order valence-corrected chi connectivity index (χ4v) is 3.27. The molecule has 6 N–H and O–H groups in total. The highest BCUT2D eigenvalue weighted by molar-refractivity contribution is 7.99. The van der Waals surface area contributed by atoms with Crippen molar-refractivity contribution in [2.45, 2.75) is 50.7 Å². The number of carboxylic acids is 4. The van der Waals surface area contributed by atoms with Crippen molar-refractivity contribution in [3.63, 3.8) is 0 Å². The van der Waals surface area contributed by atoms with Crippen LogP contribution in [0.4, 0.5) is 5.82 Å². The first-order valence-electron chi connectivity index (χ1n) is 12.2. The molecule has 2 rings (SSSR count).